The highest BCUT2D eigenvalue weighted by molar-refractivity contribution is 6.31. The van der Waals surface area contributed by atoms with Crippen molar-refractivity contribution in [2.24, 2.45) is 17.6 Å². The van der Waals surface area contributed by atoms with Crippen LogP contribution in [0, 0.1) is 17.7 Å². The van der Waals surface area contributed by atoms with Crippen molar-refractivity contribution in [3.8, 4) is 0 Å². The molecule has 4 bridgehead atoms. The molecule has 1 aromatic rings. The van der Waals surface area contributed by atoms with Crippen molar-refractivity contribution in [2.45, 2.75) is 49.6 Å². The first-order valence-electron chi connectivity index (χ1n) is 7.92. The Labute approximate surface area is 134 Å². The van der Waals surface area contributed by atoms with Gasteiger partial charge in [-0.15, -0.1) is 0 Å². The second kappa shape index (κ2) is 4.68. The first-order valence-corrected chi connectivity index (χ1v) is 8.30. The SMILES string of the molecule is NC12CC3CC(C1)CC(NC(=O)c1cc(F)cc(Cl)c1)(C3)C2. The van der Waals surface area contributed by atoms with E-state index in [2.05, 4.69) is 5.32 Å². The van der Waals surface area contributed by atoms with Crippen molar-refractivity contribution in [3.63, 3.8) is 0 Å². The molecule has 4 fully saturated rings. The normalized spacial score (nSPS) is 39.0. The number of carbonyl (C=O) groups is 1. The summed E-state index contributed by atoms with van der Waals surface area (Å²) in [6, 6.07) is 3.95. The Balaban J connectivity index is 1.59. The topological polar surface area (TPSA) is 55.1 Å². The molecule has 118 valence electrons. The highest BCUT2D eigenvalue weighted by Gasteiger charge is 2.56. The Kier molecular flexibility index (Phi) is 3.08. The number of benzene rings is 1. The molecule has 4 aliphatic rings. The number of hydrogen-bond donors (Lipinski definition) is 2. The van der Waals surface area contributed by atoms with Crippen LogP contribution in [0.5, 0.6) is 0 Å². The monoisotopic (exact) mass is 322 g/mol. The molecule has 1 aromatic carbocycles. The van der Waals surface area contributed by atoms with Crippen LogP contribution in [0.2, 0.25) is 5.02 Å². The fourth-order valence-electron chi connectivity index (χ4n) is 5.48. The molecule has 4 saturated carbocycles. The third-order valence-electron chi connectivity index (χ3n) is 5.61. The van der Waals surface area contributed by atoms with Gasteiger partial charge in [0.25, 0.3) is 5.91 Å². The molecule has 5 rings (SSSR count). The van der Waals surface area contributed by atoms with Crippen LogP contribution < -0.4 is 11.1 Å². The van der Waals surface area contributed by atoms with E-state index in [9.17, 15) is 9.18 Å². The van der Waals surface area contributed by atoms with Crippen molar-refractivity contribution in [3.05, 3.63) is 34.6 Å². The van der Waals surface area contributed by atoms with Crippen LogP contribution in [0.25, 0.3) is 0 Å². The van der Waals surface area contributed by atoms with Gasteiger partial charge in [0.1, 0.15) is 5.82 Å². The van der Waals surface area contributed by atoms with Gasteiger partial charge < -0.3 is 11.1 Å². The molecule has 0 radical (unpaired) electrons. The van der Waals surface area contributed by atoms with Crippen LogP contribution >= 0.6 is 11.6 Å². The zero-order valence-corrected chi connectivity index (χ0v) is 13.1. The van der Waals surface area contributed by atoms with Gasteiger partial charge in [0, 0.05) is 21.7 Å². The van der Waals surface area contributed by atoms with E-state index in [1.807, 2.05) is 0 Å². The molecule has 22 heavy (non-hydrogen) atoms. The number of amides is 1. The lowest BCUT2D eigenvalue weighted by molar-refractivity contribution is -0.0321. The fraction of sp³-hybridized carbons (Fsp3) is 0.588. The number of rotatable bonds is 2. The van der Waals surface area contributed by atoms with Crippen LogP contribution in [0.4, 0.5) is 4.39 Å². The molecule has 0 aliphatic heterocycles. The van der Waals surface area contributed by atoms with Gasteiger partial charge in [-0.05, 0) is 68.6 Å². The third-order valence-corrected chi connectivity index (χ3v) is 5.83. The molecule has 3 N–H and O–H groups in total. The van der Waals surface area contributed by atoms with E-state index >= 15 is 0 Å². The predicted octanol–water partition coefficient (Wildman–Crippen LogP) is 3.26. The van der Waals surface area contributed by atoms with E-state index in [-0.39, 0.29) is 27.6 Å². The molecule has 0 heterocycles. The molecule has 2 atom stereocenters. The van der Waals surface area contributed by atoms with E-state index in [1.54, 1.807) is 0 Å². The average Bonchev–Trinajstić information content (AvgIpc) is 2.33. The van der Waals surface area contributed by atoms with Crippen molar-refractivity contribution < 1.29 is 9.18 Å². The van der Waals surface area contributed by atoms with Crippen molar-refractivity contribution in [1.29, 1.82) is 0 Å². The van der Waals surface area contributed by atoms with Gasteiger partial charge in [0.05, 0.1) is 0 Å². The van der Waals surface area contributed by atoms with Crippen LogP contribution in [0.15, 0.2) is 18.2 Å². The maximum Gasteiger partial charge on any atom is 0.251 e. The summed E-state index contributed by atoms with van der Waals surface area (Å²) < 4.78 is 13.5. The molecule has 0 spiro atoms. The fourth-order valence-corrected chi connectivity index (χ4v) is 5.70. The Bertz CT molecular complexity index is 613. The van der Waals surface area contributed by atoms with Crippen LogP contribution in [0.1, 0.15) is 48.9 Å². The summed E-state index contributed by atoms with van der Waals surface area (Å²) in [7, 11) is 0. The Morgan fingerprint density at radius 2 is 1.91 bits per heavy atom. The quantitative estimate of drug-likeness (QED) is 0.878. The minimum absolute atomic E-state index is 0.128. The summed E-state index contributed by atoms with van der Waals surface area (Å²) in [4.78, 5) is 12.6. The zero-order chi connectivity index (χ0) is 15.5. The van der Waals surface area contributed by atoms with Crippen LogP contribution in [-0.2, 0) is 0 Å². The minimum Gasteiger partial charge on any atom is -0.347 e. The van der Waals surface area contributed by atoms with E-state index in [1.165, 1.54) is 24.6 Å². The Hall–Kier alpha value is -1.13. The number of nitrogens with one attached hydrogen (secondary N) is 1. The lowest BCUT2D eigenvalue weighted by Crippen LogP contribution is -2.68. The summed E-state index contributed by atoms with van der Waals surface area (Å²) in [5.74, 6) is 0.496. The van der Waals surface area contributed by atoms with E-state index in [0.717, 1.165) is 32.1 Å². The van der Waals surface area contributed by atoms with Gasteiger partial charge >= 0.3 is 0 Å². The van der Waals surface area contributed by atoms with Crippen molar-refractivity contribution in [1.82, 2.24) is 5.32 Å². The molecule has 1 amide bonds. The molecule has 5 heteroatoms. The third kappa shape index (κ3) is 2.42. The number of carbonyl (C=O) groups excluding carboxylic acids is 1. The largest absolute Gasteiger partial charge is 0.347 e. The van der Waals surface area contributed by atoms with Crippen molar-refractivity contribution in [2.75, 3.05) is 0 Å². The second-order valence-corrected chi connectivity index (χ2v) is 8.15. The van der Waals surface area contributed by atoms with E-state index in [4.69, 9.17) is 17.3 Å². The summed E-state index contributed by atoms with van der Waals surface area (Å²) in [6.07, 6.45) is 6.22. The molecule has 4 aliphatic carbocycles. The maximum absolute atomic E-state index is 13.5. The van der Waals surface area contributed by atoms with Gasteiger partial charge in [-0.25, -0.2) is 4.39 Å². The highest BCUT2D eigenvalue weighted by Crippen LogP contribution is 2.56. The molecular formula is C17H20ClFN2O. The standard InChI is InChI=1S/C17H20ClFN2O/c18-13-2-12(3-14(19)4-13)15(22)21-17-7-10-1-11(8-17)6-16(20,5-10)9-17/h2-4,10-11H,1,5-9,20H2,(H,21,22). The summed E-state index contributed by atoms with van der Waals surface area (Å²) in [5, 5.41) is 3.42. The highest BCUT2D eigenvalue weighted by atomic mass is 35.5. The average molecular weight is 323 g/mol. The maximum atomic E-state index is 13.5. The van der Waals surface area contributed by atoms with E-state index in [0.29, 0.717) is 11.8 Å². The number of halogens is 2. The second-order valence-electron chi connectivity index (χ2n) is 7.72. The molecule has 2 unspecified atom stereocenters. The first kappa shape index (κ1) is 14.5. The van der Waals surface area contributed by atoms with Gasteiger partial charge in [0.2, 0.25) is 0 Å². The summed E-state index contributed by atoms with van der Waals surface area (Å²) in [5.41, 5.74) is 6.48. The Morgan fingerprint density at radius 3 is 2.50 bits per heavy atom. The number of nitrogens with two attached hydrogens (primary N) is 1. The minimum atomic E-state index is -0.488. The first-order chi connectivity index (χ1) is 10.3. The predicted molar refractivity (Wildman–Crippen MR) is 83.2 cm³/mol. The molecule has 0 aromatic heterocycles. The molecular weight excluding hydrogens is 303 g/mol. The smallest absolute Gasteiger partial charge is 0.251 e. The lowest BCUT2D eigenvalue weighted by Gasteiger charge is -2.61. The van der Waals surface area contributed by atoms with Crippen LogP contribution in [0.3, 0.4) is 0 Å². The van der Waals surface area contributed by atoms with Gasteiger partial charge in [-0.1, -0.05) is 11.6 Å². The molecule has 3 nitrogen and oxygen atoms in total. The van der Waals surface area contributed by atoms with Gasteiger partial charge in [-0.3, -0.25) is 4.79 Å². The van der Waals surface area contributed by atoms with Crippen LogP contribution in [-0.4, -0.2) is 17.0 Å². The van der Waals surface area contributed by atoms with E-state index < -0.39 is 5.82 Å². The lowest BCUT2D eigenvalue weighted by atomic mass is 9.50. The summed E-state index contributed by atoms with van der Waals surface area (Å²) >= 11 is 5.85. The number of hydrogen-bond acceptors (Lipinski definition) is 2. The van der Waals surface area contributed by atoms with Gasteiger partial charge in [0.15, 0.2) is 0 Å². The van der Waals surface area contributed by atoms with Crippen molar-refractivity contribution >= 4 is 17.5 Å². The molecule has 0 saturated heterocycles. The Morgan fingerprint density at radius 1 is 1.23 bits per heavy atom. The zero-order valence-electron chi connectivity index (χ0n) is 12.4. The van der Waals surface area contributed by atoms with Gasteiger partial charge in [-0.2, -0.15) is 0 Å². The summed E-state index contributed by atoms with van der Waals surface area (Å²) in [6.45, 7) is 0.